The Morgan fingerprint density at radius 3 is 1.80 bits per heavy atom. The van der Waals surface area contributed by atoms with Crippen molar-refractivity contribution in [1.29, 1.82) is 0 Å². The van der Waals surface area contributed by atoms with Gasteiger partial charge in [-0.3, -0.25) is 9.59 Å². The Balaban J connectivity index is 0. The second-order valence-electron chi connectivity index (χ2n) is 2.57. The van der Waals surface area contributed by atoms with Gasteiger partial charge in [0.05, 0.1) is 5.92 Å². The molecule has 0 aromatic rings. The maximum Gasteiger partial charge on any atom is 0.328 e. The smallest absolute Gasteiger partial charge is 0.328 e. The second kappa shape index (κ2) is 8.74. The normalized spacial score (nSPS) is 11.3. The van der Waals surface area contributed by atoms with Crippen LogP contribution in [0.2, 0.25) is 0 Å². The van der Waals surface area contributed by atoms with Gasteiger partial charge in [-0.1, -0.05) is 13.0 Å². The van der Waals surface area contributed by atoms with E-state index >= 15 is 0 Å². The summed E-state index contributed by atoms with van der Waals surface area (Å²) in [6.45, 7) is 2.77. The molecule has 0 aromatic heterocycles. The van der Waals surface area contributed by atoms with Gasteiger partial charge in [-0.15, -0.1) is 0 Å². The second-order valence-corrected chi connectivity index (χ2v) is 2.57. The van der Waals surface area contributed by atoms with Gasteiger partial charge in [0.15, 0.2) is 0 Å². The third-order valence-electron chi connectivity index (χ3n) is 1.23. The highest BCUT2D eigenvalue weighted by Crippen LogP contribution is 2.03. The molecule has 0 rings (SSSR count). The van der Waals surface area contributed by atoms with Crippen LogP contribution in [0.3, 0.4) is 0 Å². The van der Waals surface area contributed by atoms with Gasteiger partial charge in [0.25, 0.3) is 5.97 Å². The molecule has 0 aliphatic rings. The van der Waals surface area contributed by atoms with Crippen LogP contribution in [0.5, 0.6) is 0 Å². The van der Waals surface area contributed by atoms with E-state index in [4.69, 9.17) is 20.1 Å². The molecule has 6 nitrogen and oxygen atoms in total. The summed E-state index contributed by atoms with van der Waals surface area (Å²) in [6.07, 6.45) is 2.42. The summed E-state index contributed by atoms with van der Waals surface area (Å²) in [5, 5.41) is 24.0. The number of hydrogen-bond donors (Lipinski definition) is 3. The minimum absolute atomic E-state index is 0.402. The van der Waals surface area contributed by atoms with E-state index in [1.54, 1.807) is 6.92 Å². The minimum Gasteiger partial charge on any atom is -0.481 e. The number of carboxylic acid groups (broad SMARTS) is 3. The molecule has 0 aliphatic heterocycles. The molecule has 0 saturated carbocycles. The molecule has 86 valence electrons. The Morgan fingerprint density at radius 1 is 1.20 bits per heavy atom. The van der Waals surface area contributed by atoms with Crippen LogP contribution in [0.1, 0.15) is 20.3 Å². The summed E-state index contributed by atoms with van der Waals surface area (Å²) in [4.78, 5) is 29.3. The van der Waals surface area contributed by atoms with Crippen LogP contribution >= 0.6 is 0 Å². The van der Waals surface area contributed by atoms with E-state index in [-0.39, 0.29) is 0 Å². The summed E-state index contributed by atoms with van der Waals surface area (Å²) in [7, 11) is 0. The van der Waals surface area contributed by atoms with Crippen molar-refractivity contribution in [3.63, 3.8) is 0 Å². The zero-order valence-electron chi connectivity index (χ0n) is 8.51. The summed E-state index contributed by atoms with van der Waals surface area (Å²) in [6, 6.07) is 0. The fraction of sp³-hybridized carbons (Fsp3) is 0.444. The summed E-state index contributed by atoms with van der Waals surface area (Å²) in [5.41, 5.74) is 0. The van der Waals surface area contributed by atoms with Crippen LogP contribution in [0, 0.1) is 5.92 Å². The zero-order valence-corrected chi connectivity index (χ0v) is 8.51. The third-order valence-corrected chi connectivity index (χ3v) is 1.23. The van der Waals surface area contributed by atoms with E-state index in [9.17, 15) is 9.59 Å². The largest absolute Gasteiger partial charge is 0.481 e. The molecule has 0 spiro atoms. The Labute approximate surface area is 86.8 Å². The molecule has 0 aliphatic carbocycles. The topological polar surface area (TPSA) is 112 Å². The van der Waals surface area contributed by atoms with Crippen LogP contribution in [0.4, 0.5) is 0 Å². The number of aliphatic carboxylic acids is 3. The van der Waals surface area contributed by atoms with Crippen LogP contribution in [0.15, 0.2) is 12.2 Å². The SMILES string of the molecule is CC(=O)O.CCC(C=CC(=O)O)C(=O)O. The van der Waals surface area contributed by atoms with Gasteiger partial charge in [0.2, 0.25) is 0 Å². The monoisotopic (exact) mass is 218 g/mol. The molecular formula is C9H14O6. The number of carbonyl (C=O) groups is 3. The van der Waals surface area contributed by atoms with Gasteiger partial charge in [-0.2, -0.15) is 0 Å². The molecule has 1 atom stereocenters. The first kappa shape index (κ1) is 15.6. The predicted molar refractivity (Wildman–Crippen MR) is 51.5 cm³/mol. The first-order chi connectivity index (χ1) is 6.81. The van der Waals surface area contributed by atoms with Crippen LogP contribution in [-0.4, -0.2) is 33.2 Å². The molecule has 0 fully saturated rings. The fourth-order valence-electron chi connectivity index (χ4n) is 0.591. The molecule has 6 heteroatoms. The van der Waals surface area contributed by atoms with Gasteiger partial charge >= 0.3 is 11.9 Å². The van der Waals surface area contributed by atoms with Gasteiger partial charge in [0, 0.05) is 13.0 Å². The third kappa shape index (κ3) is 15.0. The molecule has 0 aromatic carbocycles. The molecular weight excluding hydrogens is 204 g/mol. The first-order valence-corrected chi connectivity index (χ1v) is 4.14. The van der Waals surface area contributed by atoms with Gasteiger partial charge < -0.3 is 15.3 Å². The van der Waals surface area contributed by atoms with Crippen molar-refractivity contribution in [1.82, 2.24) is 0 Å². The van der Waals surface area contributed by atoms with Crippen LogP contribution in [-0.2, 0) is 14.4 Å². The Bertz CT molecular complexity index is 251. The van der Waals surface area contributed by atoms with Crippen molar-refractivity contribution in [2.45, 2.75) is 20.3 Å². The van der Waals surface area contributed by atoms with Crippen LogP contribution < -0.4 is 0 Å². The zero-order chi connectivity index (χ0) is 12.4. The van der Waals surface area contributed by atoms with E-state index in [2.05, 4.69) is 0 Å². The lowest BCUT2D eigenvalue weighted by Gasteiger charge is -2.00. The molecule has 0 amide bonds. The Hall–Kier alpha value is -1.85. The van der Waals surface area contributed by atoms with Crippen molar-refractivity contribution in [3.05, 3.63) is 12.2 Å². The Morgan fingerprint density at radius 2 is 1.60 bits per heavy atom. The lowest BCUT2D eigenvalue weighted by atomic mass is 10.1. The number of rotatable bonds is 4. The van der Waals surface area contributed by atoms with E-state index in [1.807, 2.05) is 0 Å². The molecule has 15 heavy (non-hydrogen) atoms. The van der Waals surface area contributed by atoms with Crippen molar-refractivity contribution in [3.8, 4) is 0 Å². The van der Waals surface area contributed by atoms with E-state index in [1.165, 1.54) is 6.08 Å². The van der Waals surface area contributed by atoms with Crippen LogP contribution in [0.25, 0.3) is 0 Å². The lowest BCUT2D eigenvalue weighted by Crippen LogP contribution is -2.09. The summed E-state index contributed by atoms with van der Waals surface area (Å²) < 4.78 is 0. The number of hydrogen-bond acceptors (Lipinski definition) is 3. The highest BCUT2D eigenvalue weighted by molar-refractivity contribution is 5.81. The molecule has 3 N–H and O–H groups in total. The minimum atomic E-state index is -1.12. The lowest BCUT2D eigenvalue weighted by molar-refractivity contribution is -0.140. The fourth-order valence-corrected chi connectivity index (χ4v) is 0.591. The van der Waals surface area contributed by atoms with Crippen molar-refractivity contribution in [2.24, 2.45) is 5.92 Å². The quantitative estimate of drug-likeness (QED) is 0.602. The molecule has 0 heterocycles. The average Bonchev–Trinajstić information content (AvgIpc) is 2.02. The summed E-state index contributed by atoms with van der Waals surface area (Å²) in [5.74, 6) is -3.64. The molecule has 0 saturated heterocycles. The maximum atomic E-state index is 10.3. The highest BCUT2D eigenvalue weighted by atomic mass is 16.4. The van der Waals surface area contributed by atoms with Gasteiger partial charge in [-0.25, -0.2) is 4.79 Å². The first-order valence-electron chi connectivity index (χ1n) is 4.14. The number of carboxylic acids is 3. The highest BCUT2D eigenvalue weighted by Gasteiger charge is 2.10. The standard InChI is InChI=1S/C7H10O4.C2H4O2/c1-2-5(7(10)11)3-4-6(8)9;1-2(3)4/h3-5H,2H2,1H3,(H,8,9)(H,10,11);1H3,(H,3,4). The van der Waals surface area contributed by atoms with E-state index in [0.717, 1.165) is 13.0 Å². The molecule has 1 unspecified atom stereocenters. The van der Waals surface area contributed by atoms with E-state index in [0.29, 0.717) is 6.42 Å². The molecule has 0 radical (unpaired) electrons. The molecule has 0 bridgehead atoms. The predicted octanol–water partition coefficient (Wildman–Crippen LogP) is 0.829. The van der Waals surface area contributed by atoms with E-state index < -0.39 is 23.8 Å². The van der Waals surface area contributed by atoms with Gasteiger partial charge in [-0.05, 0) is 6.42 Å². The van der Waals surface area contributed by atoms with Gasteiger partial charge in [0.1, 0.15) is 0 Å². The van der Waals surface area contributed by atoms with Crippen molar-refractivity contribution in [2.75, 3.05) is 0 Å². The summed E-state index contributed by atoms with van der Waals surface area (Å²) >= 11 is 0. The Kier molecular flexibility index (Phi) is 9.09. The van der Waals surface area contributed by atoms with Crippen molar-refractivity contribution < 1.29 is 29.7 Å². The average molecular weight is 218 g/mol. The van der Waals surface area contributed by atoms with Crippen molar-refractivity contribution >= 4 is 17.9 Å². The maximum absolute atomic E-state index is 10.3.